The standard InChI is InChI=1S/C21H24BrN3S2/c1-13(2)25-20(18-12-26-19-10-14(3)4-9-17(18)19)23-24-21(25)27-11-15-5-7-16(22)8-6-15/h5-8,12-14H,4,9-11H2,1-3H3. The van der Waals surface area contributed by atoms with Crippen molar-refractivity contribution in [1.82, 2.24) is 14.8 Å². The number of aromatic nitrogens is 3. The van der Waals surface area contributed by atoms with Crippen LogP contribution in [0, 0.1) is 5.92 Å². The number of benzene rings is 1. The van der Waals surface area contributed by atoms with Crippen molar-refractivity contribution in [2.45, 2.75) is 57.0 Å². The van der Waals surface area contributed by atoms with Crippen LogP contribution < -0.4 is 0 Å². The maximum Gasteiger partial charge on any atom is 0.192 e. The Morgan fingerprint density at radius 1 is 1.26 bits per heavy atom. The first-order chi connectivity index (χ1) is 13.0. The second-order valence-electron chi connectivity index (χ2n) is 7.58. The molecule has 0 fully saturated rings. The predicted molar refractivity (Wildman–Crippen MR) is 119 cm³/mol. The molecule has 2 aromatic heterocycles. The summed E-state index contributed by atoms with van der Waals surface area (Å²) in [6.07, 6.45) is 3.65. The van der Waals surface area contributed by atoms with Crippen molar-refractivity contribution in [2.24, 2.45) is 5.92 Å². The van der Waals surface area contributed by atoms with Gasteiger partial charge in [-0.2, -0.15) is 0 Å². The molecule has 4 rings (SSSR count). The second kappa shape index (κ2) is 8.10. The van der Waals surface area contributed by atoms with Gasteiger partial charge in [0.25, 0.3) is 0 Å². The van der Waals surface area contributed by atoms with E-state index in [1.165, 1.54) is 36.0 Å². The number of hydrogen-bond acceptors (Lipinski definition) is 4. The fraction of sp³-hybridized carbons (Fsp3) is 0.429. The molecule has 0 spiro atoms. The maximum atomic E-state index is 4.62. The molecular weight excluding hydrogens is 438 g/mol. The Labute approximate surface area is 177 Å². The van der Waals surface area contributed by atoms with Crippen LogP contribution in [0.3, 0.4) is 0 Å². The number of fused-ring (bicyclic) bond motifs is 1. The summed E-state index contributed by atoms with van der Waals surface area (Å²) in [4.78, 5) is 1.55. The lowest BCUT2D eigenvalue weighted by molar-refractivity contribution is 0.507. The number of thiophene rings is 1. The van der Waals surface area contributed by atoms with E-state index in [-0.39, 0.29) is 0 Å². The molecule has 1 aliphatic rings. The third kappa shape index (κ3) is 4.03. The van der Waals surface area contributed by atoms with Gasteiger partial charge >= 0.3 is 0 Å². The molecule has 0 radical (unpaired) electrons. The Balaban J connectivity index is 1.62. The average molecular weight is 462 g/mol. The van der Waals surface area contributed by atoms with Crippen molar-refractivity contribution >= 4 is 39.0 Å². The molecule has 27 heavy (non-hydrogen) atoms. The first-order valence-corrected chi connectivity index (χ1v) is 12.1. The zero-order valence-corrected chi connectivity index (χ0v) is 19.1. The van der Waals surface area contributed by atoms with Gasteiger partial charge < -0.3 is 0 Å². The van der Waals surface area contributed by atoms with Gasteiger partial charge in [0, 0.05) is 32.1 Å². The lowest BCUT2D eigenvalue weighted by atomic mass is 9.88. The zero-order valence-electron chi connectivity index (χ0n) is 15.9. The van der Waals surface area contributed by atoms with Crippen LogP contribution in [0.2, 0.25) is 0 Å². The fourth-order valence-electron chi connectivity index (χ4n) is 3.62. The van der Waals surface area contributed by atoms with Crippen molar-refractivity contribution in [3.8, 4) is 11.4 Å². The van der Waals surface area contributed by atoms with Gasteiger partial charge in [-0.05, 0) is 62.3 Å². The monoisotopic (exact) mass is 461 g/mol. The van der Waals surface area contributed by atoms with Crippen molar-refractivity contribution in [3.05, 3.63) is 50.1 Å². The SMILES string of the molecule is CC1CCc2c(-c3nnc(SCc4ccc(Br)cc4)n3C(C)C)csc2C1. The van der Waals surface area contributed by atoms with Gasteiger partial charge in [0.2, 0.25) is 0 Å². The molecule has 3 aromatic rings. The molecule has 0 aliphatic heterocycles. The van der Waals surface area contributed by atoms with Crippen LogP contribution in [0.1, 0.15) is 49.2 Å². The zero-order chi connectivity index (χ0) is 19.0. The number of nitrogens with zero attached hydrogens (tertiary/aromatic N) is 3. The molecule has 1 atom stereocenters. The Kier molecular flexibility index (Phi) is 5.76. The normalized spacial score (nSPS) is 16.7. The summed E-state index contributed by atoms with van der Waals surface area (Å²) in [5.74, 6) is 2.73. The first kappa shape index (κ1) is 19.2. The molecular formula is C21H24BrN3S2. The van der Waals surface area contributed by atoms with Gasteiger partial charge in [0.15, 0.2) is 11.0 Å². The van der Waals surface area contributed by atoms with E-state index in [0.29, 0.717) is 6.04 Å². The Morgan fingerprint density at radius 3 is 2.78 bits per heavy atom. The minimum absolute atomic E-state index is 0.334. The van der Waals surface area contributed by atoms with Gasteiger partial charge in [0.05, 0.1) is 0 Å². The molecule has 3 nitrogen and oxygen atoms in total. The fourth-order valence-corrected chi connectivity index (χ4v) is 6.15. The van der Waals surface area contributed by atoms with E-state index in [4.69, 9.17) is 0 Å². The van der Waals surface area contributed by atoms with Crippen LogP contribution in [-0.2, 0) is 18.6 Å². The summed E-state index contributed by atoms with van der Waals surface area (Å²) < 4.78 is 3.42. The molecule has 1 aromatic carbocycles. The largest absolute Gasteiger partial charge is 0.299 e. The number of hydrogen-bond donors (Lipinski definition) is 0. The predicted octanol–water partition coefficient (Wildman–Crippen LogP) is 6.77. The Morgan fingerprint density at radius 2 is 2.04 bits per heavy atom. The van der Waals surface area contributed by atoms with E-state index in [1.807, 2.05) is 11.3 Å². The highest BCUT2D eigenvalue weighted by atomic mass is 79.9. The summed E-state index contributed by atoms with van der Waals surface area (Å²) in [7, 11) is 0. The van der Waals surface area contributed by atoms with Crippen LogP contribution >= 0.6 is 39.0 Å². The molecule has 1 unspecified atom stereocenters. The molecule has 0 saturated heterocycles. The highest BCUT2D eigenvalue weighted by molar-refractivity contribution is 9.10. The molecule has 142 valence electrons. The van der Waals surface area contributed by atoms with Gasteiger partial charge in [-0.15, -0.1) is 21.5 Å². The molecule has 0 saturated carbocycles. The summed E-state index contributed by atoms with van der Waals surface area (Å²) in [5.41, 5.74) is 4.11. The summed E-state index contributed by atoms with van der Waals surface area (Å²) in [6.45, 7) is 6.80. The minimum Gasteiger partial charge on any atom is -0.299 e. The highest BCUT2D eigenvalue weighted by Gasteiger charge is 2.25. The van der Waals surface area contributed by atoms with Crippen LogP contribution in [0.15, 0.2) is 39.3 Å². The van der Waals surface area contributed by atoms with Gasteiger partial charge in [-0.25, -0.2) is 0 Å². The van der Waals surface area contributed by atoms with Crippen molar-refractivity contribution < 1.29 is 0 Å². The van der Waals surface area contributed by atoms with Crippen molar-refractivity contribution in [2.75, 3.05) is 0 Å². The van der Waals surface area contributed by atoms with E-state index < -0.39 is 0 Å². The summed E-state index contributed by atoms with van der Waals surface area (Å²) in [5, 5.41) is 12.5. The quantitative estimate of drug-likeness (QED) is 0.392. The van der Waals surface area contributed by atoms with Gasteiger partial charge in [0.1, 0.15) is 0 Å². The van der Waals surface area contributed by atoms with E-state index in [2.05, 4.69) is 81.1 Å². The van der Waals surface area contributed by atoms with Crippen LogP contribution in [0.4, 0.5) is 0 Å². The van der Waals surface area contributed by atoms with Gasteiger partial charge in [-0.1, -0.05) is 46.7 Å². The third-order valence-electron chi connectivity index (χ3n) is 5.10. The summed E-state index contributed by atoms with van der Waals surface area (Å²) >= 11 is 7.17. The topological polar surface area (TPSA) is 30.7 Å². The van der Waals surface area contributed by atoms with E-state index in [1.54, 1.807) is 16.6 Å². The first-order valence-electron chi connectivity index (χ1n) is 9.44. The molecule has 0 bridgehead atoms. The van der Waals surface area contributed by atoms with Gasteiger partial charge in [-0.3, -0.25) is 4.57 Å². The van der Waals surface area contributed by atoms with Crippen LogP contribution in [0.5, 0.6) is 0 Å². The molecule has 0 amide bonds. The van der Waals surface area contributed by atoms with E-state index in [0.717, 1.165) is 27.1 Å². The number of thioether (sulfide) groups is 1. The second-order valence-corrected chi connectivity index (χ2v) is 10.4. The molecule has 6 heteroatoms. The van der Waals surface area contributed by atoms with Crippen LogP contribution in [0.25, 0.3) is 11.4 Å². The minimum atomic E-state index is 0.334. The van der Waals surface area contributed by atoms with E-state index >= 15 is 0 Å². The van der Waals surface area contributed by atoms with Crippen molar-refractivity contribution in [3.63, 3.8) is 0 Å². The molecule has 2 heterocycles. The third-order valence-corrected chi connectivity index (χ3v) is 7.70. The maximum absolute atomic E-state index is 4.62. The summed E-state index contributed by atoms with van der Waals surface area (Å²) in [6, 6.07) is 8.83. The Hall–Kier alpha value is -1.11. The van der Waals surface area contributed by atoms with E-state index in [9.17, 15) is 0 Å². The lowest BCUT2D eigenvalue weighted by Crippen LogP contribution is -2.10. The smallest absolute Gasteiger partial charge is 0.192 e. The van der Waals surface area contributed by atoms with Crippen LogP contribution in [-0.4, -0.2) is 14.8 Å². The lowest BCUT2D eigenvalue weighted by Gasteiger charge is -2.19. The Bertz CT molecular complexity index is 928. The average Bonchev–Trinajstić information content (AvgIpc) is 3.24. The molecule has 0 N–H and O–H groups in total. The van der Waals surface area contributed by atoms with Crippen molar-refractivity contribution in [1.29, 1.82) is 0 Å². The number of halogens is 1. The highest BCUT2D eigenvalue weighted by Crippen LogP contribution is 2.39. The molecule has 1 aliphatic carbocycles. The number of rotatable bonds is 5.